The average molecular weight is 167 g/mol. The number of rotatable bonds is 3. The maximum atomic E-state index is 9.60. The molecule has 68 valence electrons. The second kappa shape index (κ2) is 11.9. The Balaban J connectivity index is 0. The van der Waals surface area contributed by atoms with Crippen LogP contribution in [0.15, 0.2) is 0 Å². The zero-order valence-electron chi connectivity index (χ0n) is 6.32. The molecule has 6 nitrogen and oxygen atoms in total. The SMILES string of the molecule is CCOC(N)=O.OCOCO. The standard InChI is InChI=1S/C3H7NO2.C2H6O3/c1-2-6-3(4)5;3-1-5-2-4/h2H2,1H3,(H2,4,5);3-4H,1-2H2. The van der Waals surface area contributed by atoms with Crippen molar-refractivity contribution in [3.63, 3.8) is 0 Å². The van der Waals surface area contributed by atoms with E-state index in [-0.39, 0.29) is 0 Å². The number of aliphatic hydroxyl groups is 2. The normalized spacial score (nSPS) is 7.91. The third-order valence-electron chi connectivity index (χ3n) is 0.469. The molecule has 0 bridgehead atoms. The van der Waals surface area contributed by atoms with Crippen molar-refractivity contribution in [3.05, 3.63) is 0 Å². The summed E-state index contributed by atoms with van der Waals surface area (Å²) in [6.07, 6.45) is -0.711. The zero-order valence-corrected chi connectivity index (χ0v) is 6.32. The van der Waals surface area contributed by atoms with E-state index in [0.717, 1.165) is 0 Å². The minimum absolute atomic E-state index is 0.356. The summed E-state index contributed by atoms with van der Waals surface area (Å²) in [6, 6.07) is 0. The Morgan fingerprint density at radius 3 is 1.91 bits per heavy atom. The quantitative estimate of drug-likeness (QED) is 0.468. The van der Waals surface area contributed by atoms with Crippen molar-refractivity contribution < 1.29 is 24.5 Å². The van der Waals surface area contributed by atoms with Gasteiger partial charge in [0.15, 0.2) is 0 Å². The van der Waals surface area contributed by atoms with Crippen molar-refractivity contribution in [1.82, 2.24) is 0 Å². The average Bonchev–Trinajstić information content (AvgIpc) is 1.90. The van der Waals surface area contributed by atoms with Crippen LogP contribution in [0.4, 0.5) is 4.79 Å². The van der Waals surface area contributed by atoms with Gasteiger partial charge in [0.25, 0.3) is 0 Å². The fourth-order valence-corrected chi connectivity index (χ4v) is 0.183. The topological polar surface area (TPSA) is 102 Å². The van der Waals surface area contributed by atoms with E-state index in [9.17, 15) is 4.79 Å². The highest BCUT2D eigenvalue weighted by atomic mass is 16.6. The minimum atomic E-state index is -0.711. The number of nitrogens with two attached hydrogens (primary N) is 1. The number of carbonyl (C=O) groups is 1. The first-order valence-corrected chi connectivity index (χ1v) is 2.90. The monoisotopic (exact) mass is 167 g/mol. The van der Waals surface area contributed by atoms with Crippen molar-refractivity contribution in [2.45, 2.75) is 6.92 Å². The third kappa shape index (κ3) is 27.2. The molecular formula is C5H13NO5. The van der Waals surface area contributed by atoms with Gasteiger partial charge < -0.3 is 25.4 Å². The van der Waals surface area contributed by atoms with Crippen LogP contribution in [-0.4, -0.2) is 36.5 Å². The highest BCUT2D eigenvalue weighted by Gasteiger charge is 1.82. The minimum Gasteiger partial charge on any atom is -0.450 e. The maximum absolute atomic E-state index is 9.60. The van der Waals surface area contributed by atoms with Gasteiger partial charge in [-0.15, -0.1) is 0 Å². The Morgan fingerprint density at radius 2 is 1.91 bits per heavy atom. The fourth-order valence-electron chi connectivity index (χ4n) is 0.183. The summed E-state index contributed by atoms with van der Waals surface area (Å²) in [7, 11) is 0. The lowest BCUT2D eigenvalue weighted by Gasteiger charge is -1.89. The van der Waals surface area contributed by atoms with E-state index in [1.165, 1.54) is 0 Å². The van der Waals surface area contributed by atoms with Crippen LogP contribution < -0.4 is 5.73 Å². The number of carbonyl (C=O) groups excluding carboxylic acids is 1. The Morgan fingerprint density at radius 1 is 1.45 bits per heavy atom. The largest absolute Gasteiger partial charge is 0.450 e. The Bertz CT molecular complexity index is 84.9. The summed E-state index contributed by atoms with van der Waals surface area (Å²) in [6.45, 7) is 1.24. The molecule has 1 amide bonds. The predicted molar refractivity (Wildman–Crippen MR) is 36.5 cm³/mol. The van der Waals surface area contributed by atoms with Crippen LogP contribution in [0.2, 0.25) is 0 Å². The van der Waals surface area contributed by atoms with E-state index >= 15 is 0 Å². The maximum Gasteiger partial charge on any atom is 0.404 e. The summed E-state index contributed by atoms with van der Waals surface area (Å²) in [5.74, 6) is 0. The summed E-state index contributed by atoms with van der Waals surface area (Å²) in [5.41, 5.74) is 4.54. The molecule has 0 aliphatic heterocycles. The Kier molecular flexibility index (Phi) is 13.8. The molecule has 0 aromatic rings. The van der Waals surface area contributed by atoms with Gasteiger partial charge in [-0.3, -0.25) is 0 Å². The Labute approximate surface area is 64.5 Å². The lowest BCUT2D eigenvalue weighted by molar-refractivity contribution is -0.0763. The molecule has 0 aromatic carbocycles. The molecule has 0 saturated heterocycles. The van der Waals surface area contributed by atoms with Gasteiger partial charge in [0.1, 0.15) is 13.6 Å². The molecule has 0 radical (unpaired) electrons. The van der Waals surface area contributed by atoms with Crippen LogP contribution >= 0.6 is 0 Å². The van der Waals surface area contributed by atoms with Crippen molar-refractivity contribution in [3.8, 4) is 0 Å². The summed E-state index contributed by atoms with van der Waals surface area (Å²) in [5, 5.41) is 15.4. The first-order valence-electron chi connectivity index (χ1n) is 2.90. The highest BCUT2D eigenvalue weighted by Crippen LogP contribution is 1.66. The Hall–Kier alpha value is -0.850. The fraction of sp³-hybridized carbons (Fsp3) is 0.800. The molecule has 4 N–H and O–H groups in total. The van der Waals surface area contributed by atoms with Gasteiger partial charge in [0.2, 0.25) is 0 Å². The van der Waals surface area contributed by atoms with Gasteiger partial charge in [0, 0.05) is 0 Å². The van der Waals surface area contributed by atoms with E-state index in [1.807, 2.05) is 0 Å². The molecule has 0 spiro atoms. The van der Waals surface area contributed by atoms with E-state index in [2.05, 4.69) is 15.2 Å². The van der Waals surface area contributed by atoms with Gasteiger partial charge in [-0.25, -0.2) is 4.79 Å². The molecule has 0 atom stereocenters. The summed E-state index contributed by atoms with van der Waals surface area (Å²) >= 11 is 0. The zero-order chi connectivity index (χ0) is 9.11. The van der Waals surface area contributed by atoms with Crippen molar-refractivity contribution in [2.75, 3.05) is 20.2 Å². The first-order chi connectivity index (χ1) is 5.18. The molecule has 0 fully saturated rings. The molecule has 0 aromatic heterocycles. The lowest BCUT2D eigenvalue weighted by Crippen LogP contribution is -2.11. The predicted octanol–water partition coefficient (Wildman–Crippen LogP) is -0.996. The molecule has 6 heteroatoms. The van der Waals surface area contributed by atoms with E-state index in [1.54, 1.807) is 6.92 Å². The van der Waals surface area contributed by atoms with Gasteiger partial charge in [-0.05, 0) is 6.92 Å². The van der Waals surface area contributed by atoms with Crippen molar-refractivity contribution >= 4 is 6.09 Å². The number of amides is 1. The van der Waals surface area contributed by atoms with Crippen LogP contribution in [0.3, 0.4) is 0 Å². The number of primary amides is 1. The van der Waals surface area contributed by atoms with E-state index in [4.69, 9.17) is 10.2 Å². The molecule has 0 rings (SSSR count). The van der Waals surface area contributed by atoms with Crippen LogP contribution in [0.5, 0.6) is 0 Å². The van der Waals surface area contributed by atoms with Crippen LogP contribution in [0.25, 0.3) is 0 Å². The van der Waals surface area contributed by atoms with Gasteiger partial charge in [0.05, 0.1) is 6.61 Å². The van der Waals surface area contributed by atoms with Gasteiger partial charge in [-0.2, -0.15) is 0 Å². The molecule has 0 aliphatic rings. The number of hydrogen-bond donors (Lipinski definition) is 3. The smallest absolute Gasteiger partial charge is 0.404 e. The molecule has 0 heterocycles. The second-order valence-electron chi connectivity index (χ2n) is 1.21. The van der Waals surface area contributed by atoms with Crippen LogP contribution in [0.1, 0.15) is 6.92 Å². The van der Waals surface area contributed by atoms with Crippen molar-refractivity contribution in [2.24, 2.45) is 5.73 Å². The summed E-state index contributed by atoms with van der Waals surface area (Å²) < 4.78 is 8.12. The van der Waals surface area contributed by atoms with Crippen LogP contribution in [0, 0.1) is 0 Å². The highest BCUT2D eigenvalue weighted by molar-refractivity contribution is 5.64. The number of aliphatic hydroxyl groups excluding tert-OH is 2. The van der Waals surface area contributed by atoms with Crippen LogP contribution in [-0.2, 0) is 9.47 Å². The second-order valence-corrected chi connectivity index (χ2v) is 1.21. The first kappa shape index (κ1) is 12.8. The summed E-state index contributed by atoms with van der Waals surface area (Å²) in [4.78, 5) is 9.60. The van der Waals surface area contributed by atoms with E-state index in [0.29, 0.717) is 6.61 Å². The third-order valence-corrected chi connectivity index (χ3v) is 0.469. The van der Waals surface area contributed by atoms with Gasteiger partial charge in [-0.1, -0.05) is 0 Å². The molecule has 0 unspecified atom stereocenters. The molecule has 11 heavy (non-hydrogen) atoms. The lowest BCUT2D eigenvalue weighted by atomic mass is 10.9. The molecule has 0 aliphatic carbocycles. The molecule has 0 saturated carbocycles. The van der Waals surface area contributed by atoms with E-state index < -0.39 is 19.7 Å². The van der Waals surface area contributed by atoms with Crippen molar-refractivity contribution in [1.29, 1.82) is 0 Å². The molecular weight excluding hydrogens is 154 g/mol. The van der Waals surface area contributed by atoms with Gasteiger partial charge >= 0.3 is 6.09 Å². The number of ether oxygens (including phenoxy) is 2. The number of hydrogen-bond acceptors (Lipinski definition) is 5.